The molecule has 2 aromatic carbocycles. The van der Waals surface area contributed by atoms with Crippen LogP contribution >= 0.6 is 0 Å². The summed E-state index contributed by atoms with van der Waals surface area (Å²) in [5.41, 5.74) is 2.25. The largest absolute Gasteiger partial charge is 0.383 e. The van der Waals surface area contributed by atoms with E-state index >= 15 is 0 Å². The molecule has 1 aliphatic rings. The number of halogens is 3. The van der Waals surface area contributed by atoms with Crippen molar-refractivity contribution in [3.63, 3.8) is 0 Å². The van der Waals surface area contributed by atoms with Crippen molar-refractivity contribution in [3.8, 4) is 0 Å². The average Bonchev–Trinajstić information content (AvgIpc) is 2.45. The summed E-state index contributed by atoms with van der Waals surface area (Å²) in [4.78, 5) is 0. The van der Waals surface area contributed by atoms with Gasteiger partial charge in [0, 0.05) is 12.1 Å². The Hall–Kier alpha value is -1.81. The van der Waals surface area contributed by atoms with E-state index < -0.39 is 29.1 Å². The van der Waals surface area contributed by atoms with Gasteiger partial charge in [0.05, 0.1) is 5.56 Å². The quantitative estimate of drug-likeness (QED) is 0.885. The zero-order valence-corrected chi connectivity index (χ0v) is 11.4. The van der Waals surface area contributed by atoms with Gasteiger partial charge < -0.3 is 5.11 Å². The maximum Gasteiger partial charge on any atom is 0.135 e. The lowest BCUT2D eigenvalue weighted by Gasteiger charge is -2.19. The van der Waals surface area contributed by atoms with Crippen molar-refractivity contribution >= 4 is 0 Å². The number of hydrogen-bond donors (Lipinski definition) is 1. The van der Waals surface area contributed by atoms with Crippen molar-refractivity contribution in [1.82, 2.24) is 0 Å². The van der Waals surface area contributed by atoms with Gasteiger partial charge in [0.25, 0.3) is 0 Å². The first-order valence-electron chi connectivity index (χ1n) is 7.00. The van der Waals surface area contributed by atoms with Crippen LogP contribution in [-0.2, 0) is 12.8 Å². The van der Waals surface area contributed by atoms with Crippen molar-refractivity contribution in [2.45, 2.75) is 31.8 Å². The summed E-state index contributed by atoms with van der Waals surface area (Å²) in [7, 11) is 0. The molecular weight excluding hydrogens is 277 g/mol. The van der Waals surface area contributed by atoms with Crippen LogP contribution < -0.4 is 0 Å². The Morgan fingerprint density at radius 3 is 2.14 bits per heavy atom. The molecule has 2 aromatic rings. The van der Waals surface area contributed by atoms with Gasteiger partial charge in [0.1, 0.15) is 23.6 Å². The van der Waals surface area contributed by atoms with Crippen LogP contribution in [0.2, 0.25) is 0 Å². The minimum absolute atomic E-state index is 0.431. The van der Waals surface area contributed by atoms with Gasteiger partial charge in [-0.15, -0.1) is 0 Å². The third kappa shape index (κ3) is 2.68. The molecule has 0 bridgehead atoms. The van der Waals surface area contributed by atoms with E-state index in [2.05, 4.69) is 0 Å². The number of benzene rings is 2. The SMILES string of the molecule is OC(c1ccc2c(c1)CCCC2)c1c(F)cc(F)cc1F. The molecule has 0 aromatic heterocycles. The van der Waals surface area contributed by atoms with Gasteiger partial charge in [-0.1, -0.05) is 18.2 Å². The maximum absolute atomic E-state index is 13.7. The van der Waals surface area contributed by atoms with Crippen LogP contribution in [-0.4, -0.2) is 5.11 Å². The minimum Gasteiger partial charge on any atom is -0.383 e. The Morgan fingerprint density at radius 2 is 1.48 bits per heavy atom. The van der Waals surface area contributed by atoms with Crippen LogP contribution in [0.25, 0.3) is 0 Å². The van der Waals surface area contributed by atoms with Gasteiger partial charge in [-0.05, 0) is 42.4 Å². The third-order valence-electron chi connectivity index (χ3n) is 4.01. The lowest BCUT2D eigenvalue weighted by Crippen LogP contribution is -2.09. The number of hydrogen-bond acceptors (Lipinski definition) is 1. The number of aliphatic hydroxyl groups is 1. The fourth-order valence-electron chi connectivity index (χ4n) is 2.90. The topological polar surface area (TPSA) is 20.2 Å². The second-order valence-corrected chi connectivity index (χ2v) is 5.42. The summed E-state index contributed by atoms with van der Waals surface area (Å²) >= 11 is 0. The van der Waals surface area contributed by atoms with Crippen LogP contribution in [0.15, 0.2) is 30.3 Å². The molecule has 0 amide bonds. The molecule has 0 aliphatic heterocycles. The molecule has 1 aliphatic carbocycles. The van der Waals surface area contributed by atoms with E-state index in [0.717, 1.165) is 31.2 Å². The number of aliphatic hydroxyl groups excluding tert-OH is 1. The molecule has 0 radical (unpaired) electrons. The van der Waals surface area contributed by atoms with Gasteiger partial charge in [-0.2, -0.15) is 0 Å². The van der Waals surface area contributed by atoms with Crippen molar-refractivity contribution in [1.29, 1.82) is 0 Å². The molecular formula is C17H15F3O. The standard InChI is InChI=1S/C17H15F3O/c18-13-8-14(19)16(15(20)9-13)17(21)12-6-5-10-3-1-2-4-11(10)7-12/h5-9,17,21H,1-4H2. The van der Waals surface area contributed by atoms with E-state index in [-0.39, 0.29) is 0 Å². The summed E-state index contributed by atoms with van der Waals surface area (Å²) in [6.45, 7) is 0. The summed E-state index contributed by atoms with van der Waals surface area (Å²) in [6.07, 6.45) is 2.68. The molecule has 1 nitrogen and oxygen atoms in total. The van der Waals surface area contributed by atoms with Crippen molar-refractivity contribution in [2.24, 2.45) is 0 Å². The van der Waals surface area contributed by atoms with Crippen LogP contribution in [0.1, 0.15) is 41.2 Å². The Bertz CT molecular complexity index is 659. The predicted molar refractivity (Wildman–Crippen MR) is 73.5 cm³/mol. The molecule has 0 saturated carbocycles. The van der Waals surface area contributed by atoms with Crippen LogP contribution in [0.5, 0.6) is 0 Å². The van der Waals surface area contributed by atoms with Gasteiger partial charge in [-0.25, -0.2) is 13.2 Å². The van der Waals surface area contributed by atoms with Gasteiger partial charge in [-0.3, -0.25) is 0 Å². The van der Waals surface area contributed by atoms with E-state index in [0.29, 0.717) is 17.7 Å². The van der Waals surface area contributed by atoms with E-state index in [1.54, 1.807) is 12.1 Å². The van der Waals surface area contributed by atoms with Crippen molar-refractivity contribution in [3.05, 3.63) is 70.0 Å². The predicted octanol–water partition coefficient (Wildman–Crippen LogP) is 4.06. The second kappa shape index (κ2) is 5.53. The first-order chi connectivity index (χ1) is 10.1. The smallest absolute Gasteiger partial charge is 0.135 e. The lowest BCUT2D eigenvalue weighted by molar-refractivity contribution is 0.208. The molecule has 1 N–H and O–H groups in total. The van der Waals surface area contributed by atoms with Crippen LogP contribution in [0.4, 0.5) is 13.2 Å². The Balaban J connectivity index is 2.01. The van der Waals surface area contributed by atoms with Gasteiger partial charge in [0.15, 0.2) is 0 Å². The number of rotatable bonds is 2. The molecule has 3 rings (SSSR count). The third-order valence-corrected chi connectivity index (χ3v) is 4.01. The van der Waals surface area contributed by atoms with Crippen molar-refractivity contribution in [2.75, 3.05) is 0 Å². The molecule has 1 atom stereocenters. The molecule has 0 spiro atoms. The highest BCUT2D eigenvalue weighted by Crippen LogP contribution is 2.30. The van der Waals surface area contributed by atoms with E-state index in [9.17, 15) is 18.3 Å². The van der Waals surface area contributed by atoms with E-state index in [1.807, 2.05) is 6.07 Å². The summed E-state index contributed by atoms with van der Waals surface area (Å²) < 4.78 is 40.4. The molecule has 4 heteroatoms. The molecule has 110 valence electrons. The first-order valence-corrected chi connectivity index (χ1v) is 7.00. The molecule has 0 heterocycles. The van der Waals surface area contributed by atoms with E-state index in [4.69, 9.17) is 0 Å². The Labute approximate surface area is 121 Å². The van der Waals surface area contributed by atoms with Gasteiger partial charge in [0.2, 0.25) is 0 Å². The highest BCUT2D eigenvalue weighted by atomic mass is 19.1. The fourth-order valence-corrected chi connectivity index (χ4v) is 2.90. The summed E-state index contributed by atoms with van der Waals surface area (Å²) in [5.74, 6) is -3.14. The van der Waals surface area contributed by atoms with Gasteiger partial charge >= 0.3 is 0 Å². The molecule has 0 saturated heterocycles. The zero-order chi connectivity index (χ0) is 15.0. The minimum atomic E-state index is -1.43. The van der Waals surface area contributed by atoms with Crippen molar-refractivity contribution < 1.29 is 18.3 Å². The number of fused-ring (bicyclic) bond motifs is 1. The summed E-state index contributed by atoms with van der Waals surface area (Å²) in [5, 5.41) is 10.2. The normalized spacial score (nSPS) is 15.6. The monoisotopic (exact) mass is 292 g/mol. The highest BCUT2D eigenvalue weighted by Gasteiger charge is 2.22. The Morgan fingerprint density at radius 1 is 0.857 bits per heavy atom. The zero-order valence-electron chi connectivity index (χ0n) is 11.4. The van der Waals surface area contributed by atoms with Crippen LogP contribution in [0, 0.1) is 17.5 Å². The number of aryl methyl sites for hydroxylation is 2. The second-order valence-electron chi connectivity index (χ2n) is 5.42. The Kier molecular flexibility index (Phi) is 3.72. The first kappa shape index (κ1) is 14.1. The molecule has 21 heavy (non-hydrogen) atoms. The average molecular weight is 292 g/mol. The molecule has 0 fully saturated rings. The molecule has 1 unspecified atom stereocenters. The van der Waals surface area contributed by atoms with E-state index in [1.165, 1.54) is 5.56 Å². The van der Waals surface area contributed by atoms with Crippen LogP contribution in [0.3, 0.4) is 0 Å². The fraction of sp³-hybridized carbons (Fsp3) is 0.294. The lowest BCUT2D eigenvalue weighted by atomic mass is 9.88. The maximum atomic E-state index is 13.7. The summed E-state index contributed by atoms with van der Waals surface area (Å²) in [6, 6.07) is 6.53. The highest BCUT2D eigenvalue weighted by molar-refractivity contribution is 5.39.